The van der Waals surface area contributed by atoms with Gasteiger partial charge in [0.2, 0.25) is 0 Å². The van der Waals surface area contributed by atoms with Crippen molar-refractivity contribution in [2.24, 2.45) is 0 Å². The molecule has 7 rings (SSSR count). The van der Waals surface area contributed by atoms with E-state index < -0.39 is 6.97 Å². The van der Waals surface area contributed by atoms with Gasteiger partial charge in [0.25, 0.3) is 0 Å². The van der Waals surface area contributed by atoms with Crippen molar-refractivity contribution in [3.8, 4) is 11.1 Å². The Balaban J connectivity index is 1.74. The topological polar surface area (TPSA) is 7.94 Å². The van der Waals surface area contributed by atoms with Gasteiger partial charge < -0.3 is 17.6 Å². The van der Waals surface area contributed by atoms with Gasteiger partial charge in [0.15, 0.2) is 5.70 Å². The van der Waals surface area contributed by atoms with Crippen molar-refractivity contribution < 1.29 is 13.1 Å². The first-order valence-electron chi connectivity index (χ1n) is 13.1. The maximum atomic E-state index is 16.3. The van der Waals surface area contributed by atoms with E-state index in [4.69, 9.17) is 0 Å². The second kappa shape index (κ2) is 7.88. The molecule has 4 aromatic carbocycles. The van der Waals surface area contributed by atoms with Crippen LogP contribution in [0.25, 0.3) is 38.2 Å². The Hall–Kier alpha value is -4.25. The summed E-state index contributed by atoms with van der Waals surface area (Å²) in [5.41, 5.74) is 8.30. The highest BCUT2D eigenvalue weighted by molar-refractivity contribution is 6.58. The number of hydrogen-bond donors (Lipinski definition) is 0. The highest BCUT2D eigenvalue weighted by Gasteiger charge is 2.55. The maximum absolute atomic E-state index is 16.3. The van der Waals surface area contributed by atoms with Crippen LogP contribution in [-0.4, -0.2) is 21.6 Å². The molecule has 0 radical (unpaired) electrons. The fourth-order valence-electron chi connectivity index (χ4n) is 6.85. The smallest absolute Gasteiger partial charge is 0.393 e. The van der Waals surface area contributed by atoms with Gasteiger partial charge in [-0.3, -0.25) is 0 Å². The minimum absolute atomic E-state index is 0.575. The average Bonchev–Trinajstić information content (AvgIpc) is 3.39. The molecule has 0 saturated heterocycles. The quantitative estimate of drug-likeness (QED) is 0.170. The molecule has 2 aliphatic heterocycles. The van der Waals surface area contributed by atoms with Crippen molar-refractivity contribution in [3.05, 3.63) is 125 Å². The number of fused-ring (bicyclic) bond motifs is 4. The van der Waals surface area contributed by atoms with Gasteiger partial charge in [0, 0.05) is 29.8 Å². The van der Waals surface area contributed by atoms with E-state index in [-0.39, 0.29) is 0 Å². The average molecular weight is 500 g/mol. The molecule has 0 aliphatic carbocycles. The first kappa shape index (κ1) is 22.9. The van der Waals surface area contributed by atoms with Crippen LogP contribution in [0.1, 0.15) is 36.4 Å². The molecule has 0 saturated carbocycles. The van der Waals surface area contributed by atoms with E-state index in [1.807, 2.05) is 44.2 Å². The summed E-state index contributed by atoms with van der Waals surface area (Å²) >= 11 is 0. The molecule has 2 nitrogen and oxygen atoms in total. The second-order valence-corrected chi connectivity index (χ2v) is 10.5. The number of aromatic nitrogens is 1. The first-order chi connectivity index (χ1) is 18.3. The zero-order chi connectivity index (χ0) is 26.3. The lowest BCUT2D eigenvalue weighted by Crippen LogP contribution is -2.51. The van der Waals surface area contributed by atoms with Crippen LogP contribution in [0.15, 0.2) is 102 Å². The summed E-state index contributed by atoms with van der Waals surface area (Å²) in [5, 5.41) is 4.35. The Morgan fingerprint density at radius 2 is 1.21 bits per heavy atom. The summed E-state index contributed by atoms with van der Waals surface area (Å²) in [7, 11) is 0. The monoisotopic (exact) mass is 500 g/mol. The molecule has 0 bridgehead atoms. The Bertz CT molecular complexity index is 1870. The van der Waals surface area contributed by atoms with E-state index in [2.05, 4.69) is 60.7 Å². The van der Waals surface area contributed by atoms with Crippen molar-refractivity contribution in [1.29, 1.82) is 0 Å². The third-order valence-electron chi connectivity index (χ3n) is 8.18. The molecule has 2 aliphatic rings. The molecule has 0 N–H and O–H groups in total. The van der Waals surface area contributed by atoms with E-state index >= 15 is 8.63 Å². The number of nitrogens with zero attached hydrogens (tertiary/aromatic N) is 2. The van der Waals surface area contributed by atoms with Gasteiger partial charge in [-0.05, 0) is 70.8 Å². The lowest BCUT2D eigenvalue weighted by atomic mass is 9.79. The van der Waals surface area contributed by atoms with Crippen molar-refractivity contribution >= 4 is 39.8 Å². The molecule has 0 amide bonds. The Morgan fingerprint density at radius 3 is 1.79 bits per heavy atom. The van der Waals surface area contributed by atoms with Crippen LogP contribution in [0.3, 0.4) is 0 Å². The van der Waals surface area contributed by atoms with E-state index in [9.17, 15) is 0 Å². The maximum Gasteiger partial charge on any atom is 0.737 e. The van der Waals surface area contributed by atoms with E-state index in [1.165, 1.54) is 8.96 Å². The lowest BCUT2D eigenvalue weighted by molar-refractivity contribution is -0.363. The SMILES string of the molecule is CC1=CC(C)=[N+]2C1=C(c1c3ccccc3c(-c3ccccc3)c3ccccc13)c1c(C)cc(C)n1[B-]2(F)F. The fourth-order valence-corrected chi connectivity index (χ4v) is 6.85. The molecule has 3 heterocycles. The van der Waals surface area contributed by atoms with Crippen LogP contribution in [0, 0.1) is 13.8 Å². The normalized spacial score (nSPS) is 16.3. The highest BCUT2D eigenvalue weighted by Crippen LogP contribution is 2.49. The van der Waals surface area contributed by atoms with Crippen LogP contribution in [0.2, 0.25) is 0 Å². The van der Waals surface area contributed by atoms with Gasteiger partial charge >= 0.3 is 6.97 Å². The molecule has 0 spiro atoms. The first-order valence-corrected chi connectivity index (χ1v) is 13.1. The van der Waals surface area contributed by atoms with Crippen LogP contribution >= 0.6 is 0 Å². The van der Waals surface area contributed by atoms with E-state index in [0.717, 1.165) is 54.9 Å². The third-order valence-corrected chi connectivity index (χ3v) is 8.18. The zero-order valence-electron chi connectivity index (χ0n) is 21.9. The number of aryl methyl sites for hydroxylation is 2. The molecule has 5 aromatic rings. The summed E-state index contributed by atoms with van der Waals surface area (Å²) < 4.78 is 35.2. The van der Waals surface area contributed by atoms with E-state index in [1.54, 1.807) is 13.8 Å². The Kier molecular flexibility index (Phi) is 4.75. The number of hydrogen-bond acceptors (Lipinski definition) is 0. The predicted octanol–water partition coefficient (Wildman–Crippen LogP) is 8.51. The fraction of sp³-hybridized carbons (Fsp3) is 0.121. The molecule has 186 valence electrons. The summed E-state index contributed by atoms with van der Waals surface area (Å²) in [6.07, 6.45) is 1.89. The summed E-state index contributed by atoms with van der Waals surface area (Å²) in [6.45, 7) is 3.45. The van der Waals surface area contributed by atoms with Crippen LogP contribution in [0.5, 0.6) is 0 Å². The van der Waals surface area contributed by atoms with Crippen molar-refractivity contribution in [2.75, 3.05) is 0 Å². The zero-order valence-corrected chi connectivity index (χ0v) is 21.9. The standard InChI is InChI=1S/C33H27BF2N2/c1-20-18-22(3)37-32(20)31(33-21(2)19-23(4)38(33)34(37,35)36)30-27-16-10-8-14-25(27)29(24-12-6-5-7-13-24)26-15-9-11-17-28(26)30/h5-19H,1-4H3. The van der Waals surface area contributed by atoms with Gasteiger partial charge in [0.05, 0.1) is 5.57 Å². The molecule has 1 aromatic heterocycles. The van der Waals surface area contributed by atoms with Gasteiger partial charge in [-0.2, -0.15) is 0 Å². The van der Waals surface area contributed by atoms with Crippen molar-refractivity contribution in [1.82, 2.24) is 4.48 Å². The highest BCUT2D eigenvalue weighted by atomic mass is 19.2. The summed E-state index contributed by atoms with van der Waals surface area (Å²) in [6, 6.07) is 29.1. The number of halogens is 2. The lowest BCUT2D eigenvalue weighted by Gasteiger charge is -2.34. The molecule has 0 unspecified atom stereocenters. The molecule has 38 heavy (non-hydrogen) atoms. The molecular formula is C33H27BF2N2. The van der Waals surface area contributed by atoms with Crippen molar-refractivity contribution in [2.45, 2.75) is 27.7 Å². The van der Waals surface area contributed by atoms with Crippen LogP contribution < -0.4 is 0 Å². The second-order valence-electron chi connectivity index (χ2n) is 10.5. The van der Waals surface area contributed by atoms with Gasteiger partial charge in [-0.15, -0.1) is 0 Å². The Morgan fingerprint density at radius 1 is 0.684 bits per heavy atom. The van der Waals surface area contributed by atoms with Crippen molar-refractivity contribution in [3.63, 3.8) is 0 Å². The number of allylic oxidation sites excluding steroid dienone is 2. The number of rotatable bonds is 2. The van der Waals surface area contributed by atoms with E-state index in [0.29, 0.717) is 22.8 Å². The minimum Gasteiger partial charge on any atom is -0.393 e. The van der Waals surface area contributed by atoms with Gasteiger partial charge in [0.1, 0.15) is 5.71 Å². The molecule has 0 fully saturated rings. The molecule has 0 atom stereocenters. The predicted molar refractivity (Wildman–Crippen MR) is 155 cm³/mol. The minimum atomic E-state index is -4.03. The van der Waals surface area contributed by atoms with Gasteiger partial charge in [-0.25, -0.2) is 0 Å². The number of benzene rings is 4. The van der Waals surface area contributed by atoms with Gasteiger partial charge in [-0.1, -0.05) is 78.9 Å². The molecule has 5 heteroatoms. The van der Waals surface area contributed by atoms with Crippen LogP contribution in [0.4, 0.5) is 8.63 Å². The summed E-state index contributed by atoms with van der Waals surface area (Å²) in [4.78, 5) is 0. The molecular weight excluding hydrogens is 473 g/mol. The van der Waals surface area contributed by atoms with Crippen LogP contribution in [-0.2, 0) is 0 Å². The Labute approximate surface area is 220 Å². The third kappa shape index (κ3) is 2.90. The largest absolute Gasteiger partial charge is 0.737 e. The summed E-state index contributed by atoms with van der Waals surface area (Å²) in [5.74, 6) is 0.